The van der Waals surface area contributed by atoms with Crippen LogP contribution in [0.25, 0.3) is 5.70 Å². The molecule has 0 aliphatic rings. The van der Waals surface area contributed by atoms with E-state index >= 15 is 0 Å². The van der Waals surface area contributed by atoms with Gasteiger partial charge in [0.25, 0.3) is 0 Å². The summed E-state index contributed by atoms with van der Waals surface area (Å²) in [6, 6.07) is 5.92. The van der Waals surface area contributed by atoms with Crippen molar-refractivity contribution in [1.29, 1.82) is 0 Å². The number of hydrogen-bond acceptors (Lipinski definition) is 6. The zero-order chi connectivity index (χ0) is 22.9. The summed E-state index contributed by atoms with van der Waals surface area (Å²) in [6.45, 7) is 13.0. The summed E-state index contributed by atoms with van der Waals surface area (Å²) >= 11 is 0. The van der Waals surface area contributed by atoms with Gasteiger partial charge in [-0.1, -0.05) is 18.7 Å². The second kappa shape index (κ2) is 11.1. The number of ether oxygens (including phenoxy) is 1. The third kappa shape index (κ3) is 8.46. The Labute approximate surface area is 175 Å². The number of nitrogens with zero attached hydrogens (tertiary/aromatic N) is 2. The lowest BCUT2D eigenvalue weighted by Crippen LogP contribution is -2.42. The van der Waals surface area contributed by atoms with Crippen molar-refractivity contribution in [3.05, 3.63) is 54.6 Å². The van der Waals surface area contributed by atoms with Gasteiger partial charge in [0, 0.05) is 30.0 Å². The minimum atomic E-state index is -1.82. The van der Waals surface area contributed by atoms with Gasteiger partial charge >= 0.3 is 11.9 Å². The van der Waals surface area contributed by atoms with Crippen molar-refractivity contribution in [2.75, 3.05) is 13.2 Å². The van der Waals surface area contributed by atoms with Crippen LogP contribution in [0.15, 0.2) is 43.5 Å². The molecule has 1 aromatic heterocycles. The van der Waals surface area contributed by atoms with E-state index in [-0.39, 0.29) is 12.1 Å². The number of aryl methyl sites for hydroxylation is 1. The number of carboxylic acids is 2. The van der Waals surface area contributed by atoms with Crippen molar-refractivity contribution in [2.45, 2.75) is 39.3 Å². The average molecular weight is 419 g/mol. The van der Waals surface area contributed by atoms with E-state index in [9.17, 15) is 5.11 Å². The maximum atomic E-state index is 10.2. The smallest absolute Gasteiger partial charge is 0.414 e. The summed E-state index contributed by atoms with van der Waals surface area (Å²) in [5, 5.41) is 28.2. The molecule has 2 aromatic rings. The van der Waals surface area contributed by atoms with Crippen molar-refractivity contribution >= 4 is 17.6 Å². The fourth-order valence-electron chi connectivity index (χ4n) is 2.29. The molecular weight excluding hydrogens is 390 g/mol. The number of aliphatic carboxylic acids is 2. The topological polar surface area (TPSA) is 134 Å². The van der Waals surface area contributed by atoms with E-state index in [0.717, 1.165) is 22.6 Å². The number of nitrogens with one attached hydrogen (secondary N) is 1. The minimum absolute atomic E-state index is 0.0372. The van der Waals surface area contributed by atoms with Gasteiger partial charge in [-0.3, -0.25) is 0 Å². The van der Waals surface area contributed by atoms with Gasteiger partial charge in [-0.25, -0.2) is 14.6 Å². The van der Waals surface area contributed by atoms with Crippen molar-refractivity contribution in [3.8, 4) is 5.75 Å². The van der Waals surface area contributed by atoms with Crippen LogP contribution in [0.4, 0.5) is 0 Å². The molecule has 0 fully saturated rings. The predicted molar refractivity (Wildman–Crippen MR) is 112 cm³/mol. The van der Waals surface area contributed by atoms with E-state index in [2.05, 4.69) is 37.7 Å². The van der Waals surface area contributed by atoms with Crippen LogP contribution >= 0.6 is 0 Å². The van der Waals surface area contributed by atoms with E-state index in [1.165, 1.54) is 0 Å². The van der Waals surface area contributed by atoms with Gasteiger partial charge in [0.2, 0.25) is 0 Å². The van der Waals surface area contributed by atoms with Crippen molar-refractivity contribution in [1.82, 2.24) is 14.9 Å². The van der Waals surface area contributed by atoms with Crippen LogP contribution in [0.5, 0.6) is 5.75 Å². The lowest BCUT2D eigenvalue weighted by Gasteiger charge is -2.23. The van der Waals surface area contributed by atoms with Crippen LogP contribution in [0.2, 0.25) is 0 Å². The average Bonchev–Trinajstić information content (AvgIpc) is 3.19. The summed E-state index contributed by atoms with van der Waals surface area (Å²) < 4.78 is 7.78. The fourth-order valence-corrected chi connectivity index (χ4v) is 2.29. The minimum Gasteiger partial charge on any atom is -0.490 e. The summed E-state index contributed by atoms with van der Waals surface area (Å²) in [5.74, 6) is -2.91. The van der Waals surface area contributed by atoms with Crippen LogP contribution in [-0.4, -0.2) is 61.6 Å². The molecule has 9 nitrogen and oxygen atoms in total. The number of aromatic nitrogens is 2. The number of imidazole rings is 1. The van der Waals surface area contributed by atoms with Gasteiger partial charge in [-0.2, -0.15) is 0 Å². The SMILES string of the molecule is C=C(c1cccc(C)c1OCC(O)CNC(C)(C)C)n1ccnc1.O=C(O)C(=O)O. The summed E-state index contributed by atoms with van der Waals surface area (Å²) in [6.07, 6.45) is 4.68. The highest BCUT2D eigenvalue weighted by atomic mass is 16.5. The number of carboxylic acid groups (broad SMARTS) is 2. The number of aliphatic hydroxyl groups is 1. The van der Waals surface area contributed by atoms with Crippen LogP contribution < -0.4 is 10.1 Å². The Kier molecular flexibility index (Phi) is 9.22. The number of aliphatic hydroxyl groups excluding tert-OH is 1. The second-order valence-corrected chi connectivity index (χ2v) is 7.57. The Morgan fingerprint density at radius 3 is 2.40 bits per heavy atom. The first-order valence-electron chi connectivity index (χ1n) is 9.21. The van der Waals surface area contributed by atoms with Crippen LogP contribution in [0.3, 0.4) is 0 Å². The Balaban J connectivity index is 0.000000656. The Bertz CT molecular complexity index is 844. The number of rotatable bonds is 7. The molecule has 9 heteroatoms. The number of carbonyl (C=O) groups is 2. The van der Waals surface area contributed by atoms with Crippen LogP contribution in [-0.2, 0) is 9.59 Å². The van der Waals surface area contributed by atoms with Gasteiger partial charge in [0.1, 0.15) is 18.5 Å². The molecule has 0 saturated heterocycles. The first kappa shape index (κ1) is 24.9. The third-order valence-corrected chi connectivity index (χ3v) is 3.81. The Morgan fingerprint density at radius 1 is 1.27 bits per heavy atom. The molecule has 1 aromatic carbocycles. The lowest BCUT2D eigenvalue weighted by molar-refractivity contribution is -0.159. The van der Waals surface area contributed by atoms with Crippen molar-refractivity contribution in [2.24, 2.45) is 0 Å². The van der Waals surface area contributed by atoms with E-state index in [1.54, 1.807) is 12.5 Å². The van der Waals surface area contributed by atoms with Crippen LogP contribution in [0, 0.1) is 6.92 Å². The highest BCUT2D eigenvalue weighted by Gasteiger charge is 2.15. The highest BCUT2D eigenvalue weighted by Crippen LogP contribution is 2.29. The van der Waals surface area contributed by atoms with E-state index < -0.39 is 18.0 Å². The Morgan fingerprint density at radius 2 is 1.90 bits per heavy atom. The molecule has 0 aliphatic carbocycles. The molecule has 2 rings (SSSR count). The monoisotopic (exact) mass is 419 g/mol. The molecular formula is C21H29N3O6. The van der Waals surface area contributed by atoms with E-state index in [0.29, 0.717) is 6.54 Å². The molecule has 1 atom stereocenters. The molecule has 4 N–H and O–H groups in total. The molecule has 0 amide bonds. The first-order chi connectivity index (χ1) is 13.9. The number of β-amino-alcohol motifs (C(OH)–C–C–N with tert-alkyl or cyclic N) is 1. The molecule has 0 radical (unpaired) electrons. The van der Waals surface area contributed by atoms with Gasteiger partial charge < -0.3 is 29.9 Å². The predicted octanol–water partition coefficient (Wildman–Crippen LogP) is 1.99. The zero-order valence-electron chi connectivity index (χ0n) is 17.6. The summed E-state index contributed by atoms with van der Waals surface area (Å²) in [4.78, 5) is 22.3. The lowest BCUT2D eigenvalue weighted by atomic mass is 10.1. The van der Waals surface area contributed by atoms with Crippen molar-refractivity contribution < 1.29 is 29.6 Å². The molecule has 0 saturated carbocycles. The number of para-hydroxylation sites is 1. The maximum absolute atomic E-state index is 10.2. The number of hydrogen-bond donors (Lipinski definition) is 4. The molecule has 0 aliphatic heterocycles. The van der Waals surface area contributed by atoms with Gasteiger partial charge in [-0.15, -0.1) is 0 Å². The molecule has 30 heavy (non-hydrogen) atoms. The summed E-state index contributed by atoms with van der Waals surface area (Å²) in [5.41, 5.74) is 2.65. The summed E-state index contributed by atoms with van der Waals surface area (Å²) in [7, 11) is 0. The van der Waals surface area contributed by atoms with Gasteiger partial charge in [-0.05, 0) is 39.3 Å². The van der Waals surface area contributed by atoms with E-state index in [4.69, 9.17) is 24.5 Å². The highest BCUT2D eigenvalue weighted by molar-refractivity contribution is 6.27. The quantitative estimate of drug-likeness (QED) is 0.501. The maximum Gasteiger partial charge on any atom is 0.414 e. The zero-order valence-corrected chi connectivity index (χ0v) is 17.6. The standard InChI is InChI=1S/C19H27N3O2.C2H2O4/c1-14-7-6-8-17(15(2)22-10-9-20-13-22)18(14)24-12-16(23)11-21-19(3,4)5;3-1(4)2(5)6/h6-10,13,16,21,23H,2,11-12H2,1,3-5H3;(H,3,4)(H,5,6). The van der Waals surface area contributed by atoms with E-state index in [1.807, 2.05) is 35.9 Å². The third-order valence-electron chi connectivity index (χ3n) is 3.81. The van der Waals surface area contributed by atoms with Gasteiger partial charge in [0.15, 0.2) is 0 Å². The number of benzene rings is 1. The largest absolute Gasteiger partial charge is 0.490 e. The molecule has 0 bridgehead atoms. The molecule has 1 heterocycles. The van der Waals surface area contributed by atoms with Crippen molar-refractivity contribution in [3.63, 3.8) is 0 Å². The Hall–Kier alpha value is -3.17. The molecule has 0 spiro atoms. The first-order valence-corrected chi connectivity index (χ1v) is 9.21. The fraction of sp³-hybridized carbons (Fsp3) is 0.381. The van der Waals surface area contributed by atoms with Crippen LogP contribution in [0.1, 0.15) is 31.9 Å². The normalized spacial score (nSPS) is 11.8. The second-order valence-electron chi connectivity index (χ2n) is 7.57. The van der Waals surface area contributed by atoms with Gasteiger partial charge in [0.05, 0.1) is 12.0 Å². The molecule has 1 unspecified atom stereocenters. The molecule has 164 valence electrons.